The van der Waals surface area contributed by atoms with Crippen molar-refractivity contribution in [3.8, 4) is 0 Å². The highest BCUT2D eigenvalue weighted by atomic mass is 16.1. The molecule has 0 saturated carbocycles. The van der Waals surface area contributed by atoms with Gasteiger partial charge in [-0.1, -0.05) is 44.2 Å². The molecule has 0 fully saturated rings. The molecule has 1 amide bonds. The molecule has 1 aromatic heterocycles. The molecule has 0 aliphatic heterocycles. The Morgan fingerprint density at radius 2 is 1.84 bits per heavy atom. The van der Waals surface area contributed by atoms with E-state index in [0.717, 1.165) is 24.2 Å². The minimum Gasteiger partial charge on any atom is -0.361 e. The Bertz CT molecular complexity index is 834. The summed E-state index contributed by atoms with van der Waals surface area (Å²) >= 11 is 0. The third-order valence-electron chi connectivity index (χ3n) is 4.39. The van der Waals surface area contributed by atoms with Crippen molar-refractivity contribution < 1.29 is 4.79 Å². The predicted molar refractivity (Wildman–Crippen MR) is 104 cm³/mol. The van der Waals surface area contributed by atoms with E-state index in [9.17, 15) is 4.79 Å². The van der Waals surface area contributed by atoms with Crippen molar-refractivity contribution in [1.82, 2.24) is 10.3 Å². The number of aromatic amines is 1. The first-order valence-corrected chi connectivity index (χ1v) is 8.79. The van der Waals surface area contributed by atoms with Crippen LogP contribution in [-0.2, 0) is 11.2 Å². The maximum Gasteiger partial charge on any atom is 0.238 e. The molecule has 0 saturated heterocycles. The first-order chi connectivity index (χ1) is 12.1. The lowest BCUT2D eigenvalue weighted by molar-refractivity contribution is -0.115. The molecule has 0 bridgehead atoms. The van der Waals surface area contributed by atoms with E-state index in [-0.39, 0.29) is 5.91 Å². The Kier molecular flexibility index (Phi) is 5.51. The molecule has 0 aliphatic carbocycles. The van der Waals surface area contributed by atoms with Crippen LogP contribution < -0.4 is 10.6 Å². The minimum absolute atomic E-state index is 0.0174. The molecule has 3 rings (SSSR count). The first-order valence-electron chi connectivity index (χ1n) is 8.79. The van der Waals surface area contributed by atoms with Gasteiger partial charge in [-0.25, -0.2) is 0 Å². The van der Waals surface area contributed by atoms with Crippen molar-refractivity contribution in [3.63, 3.8) is 0 Å². The van der Waals surface area contributed by atoms with Crippen molar-refractivity contribution in [2.75, 3.05) is 18.4 Å². The van der Waals surface area contributed by atoms with Crippen LogP contribution in [0.4, 0.5) is 5.69 Å². The van der Waals surface area contributed by atoms with Crippen molar-refractivity contribution in [2.45, 2.75) is 26.2 Å². The van der Waals surface area contributed by atoms with Gasteiger partial charge in [-0.2, -0.15) is 0 Å². The summed E-state index contributed by atoms with van der Waals surface area (Å²) in [5.74, 6) is 0.479. The van der Waals surface area contributed by atoms with Crippen LogP contribution in [0.5, 0.6) is 0 Å². The van der Waals surface area contributed by atoms with Gasteiger partial charge in [-0.15, -0.1) is 0 Å². The molecule has 3 N–H and O–H groups in total. The number of fused-ring (bicyclic) bond motifs is 1. The number of anilines is 1. The second kappa shape index (κ2) is 7.99. The molecule has 130 valence electrons. The van der Waals surface area contributed by atoms with Gasteiger partial charge in [0.25, 0.3) is 0 Å². The van der Waals surface area contributed by atoms with Crippen LogP contribution in [0.3, 0.4) is 0 Å². The fourth-order valence-electron chi connectivity index (χ4n) is 2.92. The van der Waals surface area contributed by atoms with Crippen molar-refractivity contribution in [1.29, 1.82) is 0 Å². The van der Waals surface area contributed by atoms with Crippen LogP contribution in [0.1, 0.15) is 30.9 Å². The van der Waals surface area contributed by atoms with Crippen LogP contribution in [0, 0.1) is 0 Å². The van der Waals surface area contributed by atoms with Crippen LogP contribution in [0.2, 0.25) is 0 Å². The van der Waals surface area contributed by atoms with Gasteiger partial charge in [0.2, 0.25) is 5.91 Å². The summed E-state index contributed by atoms with van der Waals surface area (Å²) in [7, 11) is 0. The summed E-state index contributed by atoms with van der Waals surface area (Å²) in [6, 6.07) is 16.3. The maximum absolute atomic E-state index is 12.0. The second-order valence-corrected chi connectivity index (χ2v) is 6.61. The van der Waals surface area contributed by atoms with E-state index < -0.39 is 0 Å². The number of amides is 1. The van der Waals surface area contributed by atoms with Gasteiger partial charge in [0.15, 0.2) is 0 Å². The number of aromatic nitrogens is 1. The highest BCUT2D eigenvalue weighted by Gasteiger charge is 2.05. The third-order valence-corrected chi connectivity index (χ3v) is 4.39. The minimum atomic E-state index is -0.0174. The molecule has 2 aromatic carbocycles. The Balaban J connectivity index is 1.43. The Morgan fingerprint density at radius 1 is 1.08 bits per heavy atom. The Morgan fingerprint density at radius 3 is 2.60 bits per heavy atom. The second-order valence-electron chi connectivity index (χ2n) is 6.61. The van der Waals surface area contributed by atoms with Gasteiger partial charge in [0.1, 0.15) is 0 Å². The van der Waals surface area contributed by atoms with Gasteiger partial charge in [0, 0.05) is 22.8 Å². The number of carbonyl (C=O) groups excluding carboxylic acids is 1. The summed E-state index contributed by atoms with van der Waals surface area (Å²) < 4.78 is 0. The van der Waals surface area contributed by atoms with E-state index in [4.69, 9.17) is 0 Å². The standard InChI is InChI=1S/C21H25N3O/c1-15(2)16-7-9-18(10-8-16)24-21(25)14-22-12-11-17-13-23-20-6-4-3-5-19(17)20/h3-10,13,15,22-23H,11-12,14H2,1-2H3,(H,24,25). The van der Waals surface area contributed by atoms with Crippen molar-refractivity contribution in [3.05, 3.63) is 65.9 Å². The number of hydrogen-bond donors (Lipinski definition) is 3. The van der Waals surface area contributed by atoms with Crippen molar-refractivity contribution in [2.24, 2.45) is 0 Å². The fraction of sp³-hybridized carbons (Fsp3) is 0.286. The average Bonchev–Trinajstić information content (AvgIpc) is 3.02. The van der Waals surface area contributed by atoms with Crippen LogP contribution >= 0.6 is 0 Å². The van der Waals surface area contributed by atoms with E-state index in [2.05, 4.69) is 53.7 Å². The molecule has 0 aliphatic rings. The normalized spacial score (nSPS) is 11.2. The van der Waals surface area contributed by atoms with Gasteiger partial charge >= 0.3 is 0 Å². The molecule has 0 unspecified atom stereocenters. The summed E-state index contributed by atoms with van der Waals surface area (Å²) in [4.78, 5) is 15.3. The molecule has 4 heteroatoms. The lowest BCUT2D eigenvalue weighted by Gasteiger charge is -2.09. The number of H-pyrrole nitrogens is 1. The number of carbonyl (C=O) groups is 1. The zero-order valence-electron chi connectivity index (χ0n) is 14.8. The fourth-order valence-corrected chi connectivity index (χ4v) is 2.92. The van der Waals surface area contributed by atoms with Crippen molar-refractivity contribution >= 4 is 22.5 Å². The number of rotatable bonds is 7. The Hall–Kier alpha value is -2.59. The van der Waals surface area contributed by atoms with Crippen LogP contribution in [0.15, 0.2) is 54.7 Å². The highest BCUT2D eigenvalue weighted by molar-refractivity contribution is 5.92. The lowest BCUT2D eigenvalue weighted by Crippen LogP contribution is -2.29. The summed E-state index contributed by atoms with van der Waals surface area (Å²) in [5, 5.41) is 7.38. The molecule has 0 spiro atoms. The monoisotopic (exact) mass is 335 g/mol. The molecule has 3 aromatic rings. The van der Waals surface area contributed by atoms with Gasteiger partial charge in [-0.05, 0) is 48.2 Å². The van der Waals surface area contributed by atoms with Crippen LogP contribution in [-0.4, -0.2) is 24.0 Å². The van der Waals surface area contributed by atoms with E-state index in [1.54, 1.807) is 0 Å². The topological polar surface area (TPSA) is 56.9 Å². The van der Waals surface area contributed by atoms with Gasteiger partial charge in [-0.3, -0.25) is 4.79 Å². The molecule has 0 atom stereocenters. The summed E-state index contributed by atoms with van der Waals surface area (Å²) in [5.41, 5.74) is 4.54. The predicted octanol–water partition coefficient (Wildman–Crippen LogP) is 4.06. The zero-order valence-corrected chi connectivity index (χ0v) is 14.8. The van der Waals surface area contributed by atoms with Crippen LogP contribution in [0.25, 0.3) is 10.9 Å². The first kappa shape index (κ1) is 17.2. The average molecular weight is 335 g/mol. The molecule has 4 nitrogen and oxygen atoms in total. The number of nitrogens with one attached hydrogen (secondary N) is 3. The number of hydrogen-bond acceptors (Lipinski definition) is 2. The molecule has 25 heavy (non-hydrogen) atoms. The van der Waals surface area contributed by atoms with E-state index in [1.165, 1.54) is 16.5 Å². The molecular weight excluding hydrogens is 310 g/mol. The van der Waals surface area contributed by atoms with Gasteiger partial charge in [0.05, 0.1) is 6.54 Å². The van der Waals surface area contributed by atoms with E-state index >= 15 is 0 Å². The molecule has 1 heterocycles. The lowest BCUT2D eigenvalue weighted by atomic mass is 10.0. The summed E-state index contributed by atoms with van der Waals surface area (Å²) in [6.07, 6.45) is 2.93. The van der Waals surface area contributed by atoms with E-state index in [1.807, 2.05) is 30.5 Å². The maximum atomic E-state index is 12.0. The van der Waals surface area contributed by atoms with E-state index in [0.29, 0.717) is 12.5 Å². The molecule has 0 radical (unpaired) electrons. The molecular formula is C21H25N3O. The zero-order chi connectivity index (χ0) is 17.6. The highest BCUT2D eigenvalue weighted by Crippen LogP contribution is 2.18. The quantitative estimate of drug-likeness (QED) is 0.570. The largest absolute Gasteiger partial charge is 0.361 e. The Labute approximate surface area is 148 Å². The number of para-hydroxylation sites is 1. The third kappa shape index (κ3) is 4.48. The number of benzene rings is 2. The summed E-state index contributed by atoms with van der Waals surface area (Å²) in [6.45, 7) is 5.40. The SMILES string of the molecule is CC(C)c1ccc(NC(=O)CNCCc2c[nH]c3ccccc23)cc1. The van der Waals surface area contributed by atoms with Gasteiger partial charge < -0.3 is 15.6 Å². The smallest absolute Gasteiger partial charge is 0.238 e.